The molecule has 0 bridgehead atoms. The molecule has 350 valence electrons. The van der Waals surface area contributed by atoms with Crippen LogP contribution in [0.1, 0.15) is 52.2 Å². The van der Waals surface area contributed by atoms with Crippen molar-refractivity contribution in [3.63, 3.8) is 0 Å². The predicted octanol–water partition coefficient (Wildman–Crippen LogP) is 3.64. The molecule has 6 aromatic rings. The number of carbonyl (C=O) groups excluding carboxylic acids is 5. The zero-order valence-corrected chi connectivity index (χ0v) is 36.7. The van der Waals surface area contributed by atoms with E-state index in [0.717, 1.165) is 34.8 Å². The summed E-state index contributed by atoms with van der Waals surface area (Å²) in [6.45, 7) is 6.01. The summed E-state index contributed by atoms with van der Waals surface area (Å²) >= 11 is 0. The highest BCUT2D eigenvalue weighted by molar-refractivity contribution is 6.23. The van der Waals surface area contributed by atoms with E-state index in [1.165, 1.54) is 18.2 Å². The molecule has 3 aromatic carbocycles. The minimum Gasteiger partial charge on any atom is -0.378 e. The van der Waals surface area contributed by atoms with Gasteiger partial charge in [0.05, 0.1) is 53.3 Å². The van der Waals surface area contributed by atoms with Crippen molar-refractivity contribution in [1.29, 1.82) is 0 Å². The van der Waals surface area contributed by atoms with E-state index >= 15 is 4.39 Å². The molecule has 6 amide bonds. The number of nitrogens with zero attached hydrogens (tertiary/aromatic N) is 10. The van der Waals surface area contributed by atoms with Crippen LogP contribution in [0.15, 0.2) is 60.9 Å². The number of urea groups is 1. The van der Waals surface area contributed by atoms with Gasteiger partial charge < -0.3 is 35.1 Å². The highest BCUT2D eigenvalue weighted by Gasteiger charge is 2.45. The van der Waals surface area contributed by atoms with Crippen LogP contribution in [-0.2, 0) is 20.9 Å². The van der Waals surface area contributed by atoms with Crippen molar-refractivity contribution in [2.24, 2.45) is 0 Å². The normalized spacial score (nSPS) is 19.6. The van der Waals surface area contributed by atoms with Gasteiger partial charge in [0.15, 0.2) is 17.0 Å². The number of ether oxygens (including phenoxy) is 1. The molecule has 11 rings (SSSR count). The van der Waals surface area contributed by atoms with Crippen molar-refractivity contribution in [3.05, 3.63) is 89.5 Å². The zero-order valence-electron chi connectivity index (χ0n) is 36.7. The first kappa shape index (κ1) is 43.0. The number of imide groups is 2. The second-order valence-electron chi connectivity index (χ2n) is 17.5. The molecule has 4 N–H and O–H groups in total. The van der Waals surface area contributed by atoms with E-state index < -0.39 is 35.5 Å². The first-order valence-corrected chi connectivity index (χ1v) is 22.7. The number of aromatic amines is 1. The van der Waals surface area contributed by atoms with Crippen LogP contribution in [0.2, 0.25) is 0 Å². The molecule has 1 unspecified atom stereocenters. The number of nitrogens with one attached hydrogen (secondary N) is 4. The summed E-state index contributed by atoms with van der Waals surface area (Å²) in [6.07, 6.45) is 3.15. The predicted molar refractivity (Wildman–Crippen MR) is 244 cm³/mol. The molecule has 20 nitrogen and oxygen atoms in total. The van der Waals surface area contributed by atoms with Gasteiger partial charge in [-0.2, -0.15) is 9.97 Å². The summed E-state index contributed by atoms with van der Waals surface area (Å²) in [5.74, 6) is -1.96. The molecule has 22 heteroatoms. The minimum atomic E-state index is -1.13. The molecule has 8 heterocycles. The fraction of sp³-hybridized carbons (Fsp3) is 0.370. The monoisotopic (exact) mass is 928 g/mol. The Morgan fingerprint density at radius 3 is 2.37 bits per heavy atom. The van der Waals surface area contributed by atoms with Crippen molar-refractivity contribution < 1.29 is 37.5 Å². The van der Waals surface area contributed by atoms with Crippen molar-refractivity contribution >= 4 is 75.0 Å². The average Bonchev–Trinajstić information content (AvgIpc) is 4.04. The van der Waals surface area contributed by atoms with E-state index in [1.807, 2.05) is 28.0 Å². The summed E-state index contributed by atoms with van der Waals surface area (Å²) in [5.41, 5.74) is 3.88. The number of carbonyl (C=O) groups is 5. The summed E-state index contributed by atoms with van der Waals surface area (Å²) in [5, 5.41) is 8.60. The Morgan fingerprint density at radius 2 is 1.60 bits per heavy atom. The van der Waals surface area contributed by atoms with E-state index in [-0.39, 0.29) is 54.1 Å². The quantitative estimate of drug-likeness (QED) is 0.152. The van der Waals surface area contributed by atoms with Gasteiger partial charge in [0.25, 0.3) is 11.8 Å². The first-order valence-electron chi connectivity index (χ1n) is 22.7. The molecule has 4 fully saturated rings. The van der Waals surface area contributed by atoms with E-state index in [1.54, 1.807) is 27.9 Å². The van der Waals surface area contributed by atoms with Gasteiger partial charge in [0, 0.05) is 70.5 Å². The molecule has 1 atom stereocenters. The van der Waals surface area contributed by atoms with Gasteiger partial charge in [-0.15, -0.1) is 0 Å². The Labute approximate surface area is 386 Å². The molecule has 0 saturated carbocycles. The second kappa shape index (κ2) is 17.6. The van der Waals surface area contributed by atoms with Crippen molar-refractivity contribution in [3.8, 4) is 5.69 Å². The number of anilines is 4. The van der Waals surface area contributed by atoms with Crippen LogP contribution < -0.4 is 25.8 Å². The van der Waals surface area contributed by atoms with Crippen LogP contribution in [0.3, 0.4) is 0 Å². The highest BCUT2D eigenvalue weighted by atomic mass is 19.1. The lowest BCUT2D eigenvalue weighted by atomic mass is 10.0. The molecule has 3 aromatic heterocycles. The van der Waals surface area contributed by atoms with Gasteiger partial charge in [-0.1, -0.05) is 6.07 Å². The van der Waals surface area contributed by atoms with Crippen LogP contribution in [0.5, 0.6) is 0 Å². The first-order chi connectivity index (χ1) is 33.0. The number of imidazole rings is 2. The summed E-state index contributed by atoms with van der Waals surface area (Å²) in [7, 11) is 0. The zero-order chi connectivity index (χ0) is 46.6. The molecule has 5 aliphatic rings. The van der Waals surface area contributed by atoms with Gasteiger partial charge in [0.2, 0.25) is 17.8 Å². The third kappa shape index (κ3) is 8.07. The van der Waals surface area contributed by atoms with E-state index in [0.29, 0.717) is 106 Å². The maximum absolute atomic E-state index is 15.5. The number of benzene rings is 3. The van der Waals surface area contributed by atoms with Gasteiger partial charge in [0.1, 0.15) is 29.8 Å². The Hall–Kier alpha value is -7.59. The number of piperidine rings is 2. The number of piperazine rings is 1. The fourth-order valence-corrected chi connectivity index (χ4v) is 9.81. The number of rotatable bonds is 9. The lowest BCUT2D eigenvalue weighted by molar-refractivity contribution is -0.136. The molecule has 5 aliphatic heterocycles. The average molecular weight is 929 g/mol. The molecule has 0 spiro atoms. The van der Waals surface area contributed by atoms with Crippen molar-refractivity contribution in [1.82, 2.24) is 49.5 Å². The van der Waals surface area contributed by atoms with Gasteiger partial charge in [-0.25, -0.2) is 23.5 Å². The summed E-state index contributed by atoms with van der Waals surface area (Å²) in [6, 6.07) is 13.1. The number of morpholine rings is 1. The number of hydrogen-bond acceptors (Lipinski definition) is 14. The standard InChI is InChI=1S/C46H46F2N14O6/c47-26-2-1-3-29(20-26)61-25-50-39-40(55-45(56-41(39)61)59-16-18-68-19-17-59)49-24-37-52-33-5-4-27(21-34(33)53-37)51-46(67)60-10-8-28(9-11-60)57-12-14-58(15-13-57)36-23-31-30(22-32(36)48)43(65)62(44(31)66)35-6-7-38(63)54-42(35)64/h1-5,20-23,25,28,35H,6-19,24H2,(H,51,67)(H,52,53)(H,49,55,56)(H,54,63,64). The third-order valence-corrected chi connectivity index (χ3v) is 13.4. The largest absolute Gasteiger partial charge is 0.378 e. The molecule has 68 heavy (non-hydrogen) atoms. The Balaban J connectivity index is 0.690. The highest BCUT2D eigenvalue weighted by Crippen LogP contribution is 2.34. The Morgan fingerprint density at radius 1 is 0.824 bits per heavy atom. The Kier molecular flexibility index (Phi) is 11.1. The van der Waals surface area contributed by atoms with Crippen LogP contribution in [0.4, 0.5) is 36.7 Å². The number of hydrogen-bond donors (Lipinski definition) is 4. The van der Waals surface area contributed by atoms with Crippen molar-refractivity contribution in [2.75, 3.05) is 86.0 Å². The number of halogens is 2. The SMILES string of the molecule is O=C1CCC(N2C(=O)c3cc(F)c(N4CCN(C5CCN(C(=O)Nc6ccc7nc(CNc8nc(N9CCOCC9)nc9c8ncn9-c8cccc(F)c8)[nH]c7c6)CC5)CC4)cc3C2=O)C(=O)N1. The fourth-order valence-electron chi connectivity index (χ4n) is 9.81. The lowest BCUT2D eigenvalue weighted by Crippen LogP contribution is -2.54. The number of likely N-dealkylation sites (tertiary alicyclic amines) is 1. The van der Waals surface area contributed by atoms with E-state index in [2.05, 4.69) is 30.8 Å². The summed E-state index contributed by atoms with van der Waals surface area (Å²) < 4.78 is 37.1. The van der Waals surface area contributed by atoms with Gasteiger partial charge in [-0.3, -0.25) is 38.9 Å². The maximum atomic E-state index is 15.5. The van der Waals surface area contributed by atoms with Crippen LogP contribution in [0, 0.1) is 11.6 Å². The topological polar surface area (TPSA) is 219 Å². The summed E-state index contributed by atoms with van der Waals surface area (Å²) in [4.78, 5) is 95.5. The second-order valence-corrected chi connectivity index (χ2v) is 17.5. The minimum absolute atomic E-state index is 0.00263. The molecule has 0 aliphatic carbocycles. The van der Waals surface area contributed by atoms with Crippen LogP contribution in [-0.4, -0.2) is 152 Å². The smallest absolute Gasteiger partial charge is 0.321 e. The number of amides is 6. The van der Waals surface area contributed by atoms with Crippen LogP contribution >= 0.6 is 0 Å². The van der Waals surface area contributed by atoms with Gasteiger partial charge in [-0.05, 0) is 67.8 Å². The Bertz CT molecular complexity index is 3010. The number of H-pyrrole nitrogens is 1. The third-order valence-electron chi connectivity index (χ3n) is 13.4. The lowest BCUT2D eigenvalue weighted by Gasteiger charge is -2.43. The molecule has 0 radical (unpaired) electrons. The van der Waals surface area contributed by atoms with E-state index in [4.69, 9.17) is 19.7 Å². The number of fused-ring (bicyclic) bond motifs is 3. The van der Waals surface area contributed by atoms with Gasteiger partial charge >= 0.3 is 6.03 Å². The molecule has 4 saturated heterocycles. The molecular weight excluding hydrogens is 883 g/mol. The van der Waals surface area contributed by atoms with Crippen molar-refractivity contribution in [2.45, 2.75) is 44.3 Å². The number of aromatic nitrogens is 6. The van der Waals surface area contributed by atoms with E-state index in [9.17, 15) is 28.4 Å². The maximum Gasteiger partial charge on any atom is 0.321 e. The van der Waals surface area contributed by atoms with Crippen LogP contribution in [0.25, 0.3) is 27.9 Å². The molecular formula is C46H46F2N14O6.